The minimum Gasteiger partial charge on any atom is -0.344 e. The first-order valence-corrected chi connectivity index (χ1v) is 10.7. The Hall–Kier alpha value is -1.79. The van der Waals surface area contributed by atoms with E-state index in [1.54, 1.807) is 26.0 Å². The maximum Gasteiger partial charge on any atom is 0.357 e. The van der Waals surface area contributed by atoms with Crippen molar-refractivity contribution in [2.45, 2.75) is 19.6 Å². The van der Waals surface area contributed by atoms with Gasteiger partial charge in [-0.1, -0.05) is 35.6 Å². The van der Waals surface area contributed by atoms with Gasteiger partial charge in [0, 0.05) is 0 Å². The molecule has 8 heteroatoms. The van der Waals surface area contributed by atoms with Crippen LogP contribution in [0.5, 0.6) is 0 Å². The molecular formula is C18H20FN2O3PS. The highest BCUT2D eigenvalue weighted by atomic mass is 32.1. The highest BCUT2D eigenvalue weighted by Gasteiger charge is 2.37. The van der Waals surface area contributed by atoms with Crippen molar-refractivity contribution in [1.29, 1.82) is 0 Å². The first-order valence-electron chi connectivity index (χ1n) is 8.32. The number of para-hydroxylation sites is 1. The van der Waals surface area contributed by atoms with Gasteiger partial charge in [0.25, 0.3) is 0 Å². The molecule has 0 fully saturated rings. The largest absolute Gasteiger partial charge is 0.357 e. The summed E-state index contributed by atoms with van der Waals surface area (Å²) in [5.41, 5.74) is 1.45. The van der Waals surface area contributed by atoms with E-state index in [-0.39, 0.29) is 19.0 Å². The molecule has 1 heterocycles. The summed E-state index contributed by atoms with van der Waals surface area (Å²) in [6.45, 7) is 3.98. The predicted molar refractivity (Wildman–Crippen MR) is 103 cm³/mol. The molecule has 2 aromatic carbocycles. The van der Waals surface area contributed by atoms with E-state index in [2.05, 4.69) is 10.3 Å². The molecule has 138 valence electrons. The van der Waals surface area contributed by atoms with Gasteiger partial charge in [-0.05, 0) is 43.7 Å². The van der Waals surface area contributed by atoms with Crippen molar-refractivity contribution in [3.05, 3.63) is 59.9 Å². The normalized spacial score (nSPS) is 13.0. The van der Waals surface area contributed by atoms with Crippen LogP contribution in [0, 0.1) is 5.82 Å². The van der Waals surface area contributed by atoms with Crippen molar-refractivity contribution < 1.29 is 18.0 Å². The third kappa shape index (κ3) is 4.13. The monoisotopic (exact) mass is 394 g/mol. The fraction of sp³-hybridized carbons (Fsp3) is 0.278. The molecule has 1 aromatic heterocycles. The lowest BCUT2D eigenvalue weighted by molar-refractivity contribution is 0.214. The maximum atomic E-state index is 13.4. The molecule has 0 aliphatic rings. The molecular weight excluding hydrogens is 374 g/mol. The molecule has 3 aromatic rings. The minimum absolute atomic E-state index is 0.233. The average Bonchev–Trinajstić information content (AvgIpc) is 3.03. The number of nitrogens with one attached hydrogen (secondary N) is 1. The molecule has 0 bridgehead atoms. The van der Waals surface area contributed by atoms with Crippen LogP contribution in [0.1, 0.15) is 25.2 Å². The summed E-state index contributed by atoms with van der Waals surface area (Å²) in [4.78, 5) is 4.53. The van der Waals surface area contributed by atoms with Gasteiger partial charge in [0.15, 0.2) is 10.9 Å². The molecule has 1 N–H and O–H groups in total. The molecule has 5 nitrogen and oxygen atoms in total. The van der Waals surface area contributed by atoms with Gasteiger partial charge >= 0.3 is 7.60 Å². The van der Waals surface area contributed by atoms with Crippen molar-refractivity contribution in [3.63, 3.8) is 0 Å². The van der Waals surface area contributed by atoms with E-state index in [1.165, 1.54) is 23.5 Å². The topological polar surface area (TPSA) is 60.5 Å². The number of anilines is 1. The van der Waals surface area contributed by atoms with Crippen molar-refractivity contribution in [1.82, 2.24) is 4.98 Å². The molecule has 26 heavy (non-hydrogen) atoms. The Labute approximate surface area is 155 Å². The van der Waals surface area contributed by atoms with Crippen LogP contribution in [0.25, 0.3) is 10.2 Å². The molecule has 0 radical (unpaired) electrons. The summed E-state index contributed by atoms with van der Waals surface area (Å²) < 4.78 is 38.8. The van der Waals surface area contributed by atoms with Crippen LogP contribution < -0.4 is 5.32 Å². The molecule has 3 rings (SSSR count). The van der Waals surface area contributed by atoms with Gasteiger partial charge in [0.05, 0.1) is 23.4 Å². The third-order valence-electron chi connectivity index (χ3n) is 3.67. The van der Waals surface area contributed by atoms with Gasteiger partial charge in [0.2, 0.25) is 0 Å². The minimum atomic E-state index is -3.54. The van der Waals surface area contributed by atoms with Gasteiger partial charge in [-0.2, -0.15) is 0 Å². The number of aromatic nitrogens is 1. The molecule has 0 amide bonds. The molecule has 0 aliphatic carbocycles. The predicted octanol–water partition coefficient (Wildman–Crippen LogP) is 5.81. The van der Waals surface area contributed by atoms with E-state index in [9.17, 15) is 8.96 Å². The van der Waals surface area contributed by atoms with Crippen molar-refractivity contribution in [2.75, 3.05) is 18.5 Å². The summed E-state index contributed by atoms with van der Waals surface area (Å²) in [6, 6.07) is 13.5. The van der Waals surface area contributed by atoms with E-state index >= 15 is 0 Å². The van der Waals surface area contributed by atoms with E-state index in [0.29, 0.717) is 10.7 Å². The molecule has 0 spiro atoms. The molecule has 0 aliphatic heterocycles. The van der Waals surface area contributed by atoms with Gasteiger partial charge in [0.1, 0.15) is 5.82 Å². The Morgan fingerprint density at radius 3 is 2.38 bits per heavy atom. The third-order valence-corrected chi connectivity index (χ3v) is 6.94. The maximum absolute atomic E-state index is 13.4. The second kappa shape index (κ2) is 8.27. The first kappa shape index (κ1) is 19.0. The average molecular weight is 394 g/mol. The molecule has 1 atom stereocenters. The SMILES string of the molecule is CCOP(=O)(OCC)C(Nc1nc2ccccc2s1)c1ccc(F)cc1. The second-order valence-electron chi connectivity index (χ2n) is 5.46. The summed E-state index contributed by atoms with van der Waals surface area (Å²) >= 11 is 1.45. The Morgan fingerprint density at radius 1 is 1.12 bits per heavy atom. The highest BCUT2D eigenvalue weighted by molar-refractivity contribution is 7.54. The number of benzene rings is 2. The van der Waals surface area contributed by atoms with Gasteiger partial charge in [-0.25, -0.2) is 9.37 Å². The number of fused-ring (bicyclic) bond motifs is 1. The van der Waals surface area contributed by atoms with E-state index in [1.807, 2.05) is 24.3 Å². The smallest absolute Gasteiger partial charge is 0.344 e. The Bertz CT molecular complexity index is 873. The fourth-order valence-corrected chi connectivity index (χ4v) is 5.48. The zero-order chi connectivity index (χ0) is 18.6. The lowest BCUT2D eigenvalue weighted by atomic mass is 10.2. The Balaban J connectivity index is 2.01. The van der Waals surface area contributed by atoms with Crippen LogP contribution in [0.4, 0.5) is 9.52 Å². The number of hydrogen-bond donors (Lipinski definition) is 1. The number of halogens is 1. The highest BCUT2D eigenvalue weighted by Crippen LogP contribution is 2.61. The van der Waals surface area contributed by atoms with Gasteiger partial charge in [-0.15, -0.1) is 0 Å². The molecule has 0 saturated heterocycles. The number of hydrogen-bond acceptors (Lipinski definition) is 6. The second-order valence-corrected chi connectivity index (χ2v) is 8.60. The lowest BCUT2D eigenvalue weighted by Crippen LogP contribution is -2.15. The number of nitrogens with zero attached hydrogens (tertiary/aromatic N) is 1. The van der Waals surface area contributed by atoms with E-state index < -0.39 is 13.4 Å². The van der Waals surface area contributed by atoms with Crippen LogP contribution in [-0.2, 0) is 13.6 Å². The van der Waals surface area contributed by atoms with Gasteiger partial charge in [-0.3, -0.25) is 4.57 Å². The fourth-order valence-electron chi connectivity index (χ4n) is 2.59. The number of rotatable bonds is 8. The van der Waals surface area contributed by atoms with Crippen molar-refractivity contribution in [3.8, 4) is 0 Å². The van der Waals surface area contributed by atoms with Crippen LogP contribution in [0.15, 0.2) is 48.5 Å². The van der Waals surface area contributed by atoms with Crippen LogP contribution >= 0.6 is 18.9 Å². The Kier molecular flexibility index (Phi) is 6.04. The summed E-state index contributed by atoms with van der Waals surface area (Å²) in [6.07, 6.45) is 0. The van der Waals surface area contributed by atoms with E-state index in [0.717, 1.165) is 10.2 Å². The first-order chi connectivity index (χ1) is 12.6. The Morgan fingerprint density at radius 2 is 1.77 bits per heavy atom. The molecule has 1 unspecified atom stereocenters. The van der Waals surface area contributed by atoms with Crippen LogP contribution in [0.3, 0.4) is 0 Å². The molecule has 0 saturated carbocycles. The quantitative estimate of drug-likeness (QED) is 0.489. The van der Waals surface area contributed by atoms with Crippen LogP contribution in [-0.4, -0.2) is 18.2 Å². The zero-order valence-electron chi connectivity index (χ0n) is 14.5. The van der Waals surface area contributed by atoms with Gasteiger partial charge < -0.3 is 14.4 Å². The summed E-state index contributed by atoms with van der Waals surface area (Å²) in [7, 11) is -3.54. The standard InChI is InChI=1S/C18H20FN2O3PS/c1-3-23-25(22,24-4-2)17(13-9-11-14(19)12-10-13)21-18-20-15-7-5-6-8-16(15)26-18/h5-12,17H,3-4H2,1-2H3,(H,20,21). The van der Waals surface area contributed by atoms with Crippen LogP contribution in [0.2, 0.25) is 0 Å². The zero-order valence-corrected chi connectivity index (χ0v) is 16.2. The van der Waals surface area contributed by atoms with Crippen molar-refractivity contribution in [2.24, 2.45) is 0 Å². The lowest BCUT2D eigenvalue weighted by Gasteiger charge is -2.27. The summed E-state index contributed by atoms with van der Waals surface area (Å²) in [5.74, 6) is -1.15. The number of thiazole rings is 1. The summed E-state index contributed by atoms with van der Waals surface area (Å²) in [5, 5.41) is 3.78. The van der Waals surface area contributed by atoms with Crippen molar-refractivity contribution >= 4 is 34.3 Å². The van der Waals surface area contributed by atoms with E-state index in [4.69, 9.17) is 9.05 Å².